The van der Waals surface area contributed by atoms with E-state index >= 15 is 0 Å². The van der Waals surface area contributed by atoms with Crippen LogP contribution in [0.1, 0.15) is 0 Å². The van der Waals surface area contributed by atoms with Crippen molar-refractivity contribution in [3.63, 3.8) is 0 Å². The van der Waals surface area contributed by atoms with E-state index in [0.29, 0.717) is 22.3 Å². The van der Waals surface area contributed by atoms with Crippen LogP contribution in [0.5, 0.6) is 5.75 Å². The van der Waals surface area contributed by atoms with Gasteiger partial charge in [0.05, 0.1) is 23.7 Å². The van der Waals surface area contributed by atoms with Crippen molar-refractivity contribution in [1.29, 1.82) is 0 Å². The number of halogens is 1. The molecule has 1 aromatic heterocycles. The first-order valence-corrected chi connectivity index (χ1v) is 7.01. The largest absolute Gasteiger partial charge is 0.497 e. The predicted octanol–water partition coefficient (Wildman–Crippen LogP) is 2.74. The number of rotatable bonds is 2. The number of nitrogen functional groups attached to an aromatic ring is 1. The van der Waals surface area contributed by atoms with E-state index < -0.39 is 0 Å². The maximum atomic E-state index is 12.6. The zero-order chi connectivity index (χ0) is 15.0. The second kappa shape index (κ2) is 5.21. The molecule has 1 heterocycles. The summed E-state index contributed by atoms with van der Waals surface area (Å²) in [7, 11) is 1.59. The number of fused-ring (bicyclic) bond motifs is 1. The molecule has 0 saturated heterocycles. The molecule has 0 amide bonds. The smallest absolute Gasteiger partial charge is 0.267 e. The van der Waals surface area contributed by atoms with Crippen LogP contribution in [0.2, 0.25) is 0 Å². The molecular weight excluding hydrogens is 334 g/mol. The summed E-state index contributed by atoms with van der Waals surface area (Å²) >= 11 is 3.36. The Morgan fingerprint density at radius 2 is 1.90 bits per heavy atom. The SMILES string of the molecule is COc1ccc(-n2c(N)nc3ccc(Br)cc3c2=O)cc1. The maximum Gasteiger partial charge on any atom is 0.267 e. The Bertz CT molecular complexity index is 872. The highest BCUT2D eigenvalue weighted by molar-refractivity contribution is 9.10. The second-order valence-electron chi connectivity index (χ2n) is 4.47. The predicted molar refractivity (Wildman–Crippen MR) is 86.0 cm³/mol. The Kier molecular flexibility index (Phi) is 3.39. The first-order valence-electron chi connectivity index (χ1n) is 6.22. The quantitative estimate of drug-likeness (QED) is 0.775. The lowest BCUT2D eigenvalue weighted by molar-refractivity contribution is 0.414. The molecule has 0 atom stereocenters. The standard InChI is InChI=1S/C15H12BrN3O2/c1-21-11-5-3-10(4-6-11)19-14(20)12-8-9(16)2-7-13(12)18-15(19)17/h2-8H,1H3,(H2,17,18). The molecule has 5 nitrogen and oxygen atoms in total. The minimum Gasteiger partial charge on any atom is -0.497 e. The van der Waals surface area contributed by atoms with Crippen LogP contribution in [0.3, 0.4) is 0 Å². The normalized spacial score (nSPS) is 10.8. The third kappa shape index (κ3) is 2.38. The molecule has 21 heavy (non-hydrogen) atoms. The van der Waals surface area contributed by atoms with Gasteiger partial charge in [-0.25, -0.2) is 9.55 Å². The lowest BCUT2D eigenvalue weighted by Crippen LogP contribution is -2.23. The third-order valence-corrected chi connectivity index (χ3v) is 3.68. The third-order valence-electron chi connectivity index (χ3n) is 3.19. The Hall–Kier alpha value is -2.34. The van der Waals surface area contributed by atoms with Gasteiger partial charge in [-0.05, 0) is 42.5 Å². The Balaban J connectivity index is 2.28. The molecule has 6 heteroatoms. The van der Waals surface area contributed by atoms with Gasteiger partial charge in [-0.2, -0.15) is 0 Å². The molecule has 2 N–H and O–H groups in total. The van der Waals surface area contributed by atoms with Crippen molar-refractivity contribution in [2.24, 2.45) is 0 Å². The zero-order valence-electron chi connectivity index (χ0n) is 11.2. The summed E-state index contributed by atoms with van der Waals surface area (Å²) in [5.74, 6) is 0.863. The number of methoxy groups -OCH3 is 1. The van der Waals surface area contributed by atoms with Crippen LogP contribution in [0.25, 0.3) is 16.6 Å². The molecule has 0 bridgehead atoms. The van der Waals surface area contributed by atoms with E-state index in [2.05, 4.69) is 20.9 Å². The van der Waals surface area contributed by atoms with E-state index in [1.165, 1.54) is 4.57 Å². The van der Waals surface area contributed by atoms with E-state index in [9.17, 15) is 4.79 Å². The second-order valence-corrected chi connectivity index (χ2v) is 5.39. The molecule has 0 spiro atoms. The number of ether oxygens (including phenoxy) is 1. The molecule has 106 valence electrons. The van der Waals surface area contributed by atoms with Crippen molar-refractivity contribution in [2.45, 2.75) is 0 Å². The van der Waals surface area contributed by atoms with Crippen LogP contribution >= 0.6 is 15.9 Å². The highest BCUT2D eigenvalue weighted by Gasteiger charge is 2.11. The first kappa shape index (κ1) is 13.6. The summed E-state index contributed by atoms with van der Waals surface area (Å²) in [5.41, 5.74) is 6.95. The van der Waals surface area contributed by atoms with Crippen molar-refractivity contribution in [1.82, 2.24) is 9.55 Å². The lowest BCUT2D eigenvalue weighted by Gasteiger charge is -2.11. The lowest BCUT2D eigenvalue weighted by atomic mass is 10.2. The highest BCUT2D eigenvalue weighted by atomic mass is 79.9. The molecule has 2 aromatic carbocycles. The summed E-state index contributed by atoms with van der Waals surface area (Å²) in [6.07, 6.45) is 0. The van der Waals surface area contributed by atoms with E-state index in [4.69, 9.17) is 10.5 Å². The molecule has 0 unspecified atom stereocenters. The highest BCUT2D eigenvalue weighted by Crippen LogP contribution is 2.19. The number of nitrogens with zero attached hydrogens (tertiary/aromatic N) is 2. The van der Waals surface area contributed by atoms with Gasteiger partial charge < -0.3 is 10.5 Å². The maximum absolute atomic E-state index is 12.6. The van der Waals surface area contributed by atoms with Crippen LogP contribution < -0.4 is 16.0 Å². The number of aromatic nitrogens is 2. The van der Waals surface area contributed by atoms with Gasteiger partial charge in [0.1, 0.15) is 5.75 Å². The van der Waals surface area contributed by atoms with Crippen LogP contribution in [0, 0.1) is 0 Å². The van der Waals surface area contributed by atoms with Gasteiger partial charge in [-0.3, -0.25) is 4.79 Å². The van der Waals surface area contributed by atoms with Gasteiger partial charge >= 0.3 is 0 Å². The summed E-state index contributed by atoms with van der Waals surface area (Å²) in [6, 6.07) is 12.4. The summed E-state index contributed by atoms with van der Waals surface area (Å²) in [6.45, 7) is 0. The van der Waals surface area contributed by atoms with Crippen molar-refractivity contribution in [3.8, 4) is 11.4 Å². The summed E-state index contributed by atoms with van der Waals surface area (Å²) in [4.78, 5) is 16.9. The number of benzene rings is 2. The molecule has 0 fully saturated rings. The van der Waals surface area contributed by atoms with Crippen LogP contribution in [0.4, 0.5) is 5.95 Å². The zero-order valence-corrected chi connectivity index (χ0v) is 12.8. The van der Waals surface area contributed by atoms with Gasteiger partial charge in [0, 0.05) is 4.47 Å². The van der Waals surface area contributed by atoms with E-state index in [-0.39, 0.29) is 11.5 Å². The Morgan fingerprint density at radius 1 is 1.19 bits per heavy atom. The Labute approximate surface area is 129 Å². The minimum atomic E-state index is -0.205. The molecule has 0 saturated carbocycles. The van der Waals surface area contributed by atoms with Crippen LogP contribution in [0.15, 0.2) is 51.7 Å². The fourth-order valence-electron chi connectivity index (χ4n) is 2.16. The molecule has 0 aliphatic carbocycles. The van der Waals surface area contributed by atoms with E-state index in [0.717, 1.165) is 4.47 Å². The number of nitrogens with two attached hydrogens (primary N) is 1. The van der Waals surface area contributed by atoms with Gasteiger partial charge in [0.25, 0.3) is 5.56 Å². The van der Waals surface area contributed by atoms with Crippen LogP contribution in [-0.4, -0.2) is 16.7 Å². The van der Waals surface area contributed by atoms with Crippen molar-refractivity contribution in [2.75, 3.05) is 12.8 Å². The number of hydrogen-bond acceptors (Lipinski definition) is 4. The average Bonchev–Trinajstić information content (AvgIpc) is 2.49. The van der Waals surface area contributed by atoms with E-state index in [1.54, 1.807) is 43.5 Å². The van der Waals surface area contributed by atoms with Crippen LogP contribution in [-0.2, 0) is 0 Å². The first-order chi connectivity index (χ1) is 10.1. The van der Waals surface area contributed by atoms with Gasteiger partial charge in [0.2, 0.25) is 5.95 Å². The molecule has 0 aliphatic heterocycles. The van der Waals surface area contributed by atoms with Gasteiger partial charge in [0.15, 0.2) is 0 Å². The van der Waals surface area contributed by atoms with Crippen molar-refractivity contribution < 1.29 is 4.74 Å². The monoisotopic (exact) mass is 345 g/mol. The molecule has 3 rings (SSSR count). The topological polar surface area (TPSA) is 70.1 Å². The minimum absolute atomic E-state index is 0.153. The molecule has 0 radical (unpaired) electrons. The van der Waals surface area contributed by atoms with Crippen molar-refractivity contribution in [3.05, 3.63) is 57.3 Å². The summed E-state index contributed by atoms with van der Waals surface area (Å²) in [5, 5.41) is 0.509. The number of anilines is 1. The fourth-order valence-corrected chi connectivity index (χ4v) is 2.52. The molecule has 3 aromatic rings. The summed E-state index contributed by atoms with van der Waals surface area (Å²) < 4.78 is 7.31. The Morgan fingerprint density at radius 3 is 2.57 bits per heavy atom. The van der Waals surface area contributed by atoms with Gasteiger partial charge in [-0.1, -0.05) is 15.9 Å². The molecular formula is C15H12BrN3O2. The number of hydrogen-bond donors (Lipinski definition) is 1. The average molecular weight is 346 g/mol. The van der Waals surface area contributed by atoms with Gasteiger partial charge in [-0.15, -0.1) is 0 Å². The fraction of sp³-hybridized carbons (Fsp3) is 0.0667. The van der Waals surface area contributed by atoms with E-state index in [1.807, 2.05) is 6.07 Å². The molecule has 0 aliphatic rings. The van der Waals surface area contributed by atoms with Crippen molar-refractivity contribution >= 4 is 32.8 Å².